The van der Waals surface area contributed by atoms with Crippen LogP contribution in [-0.2, 0) is 31.5 Å². The molecule has 2 aromatic rings. The van der Waals surface area contributed by atoms with Gasteiger partial charge in [0.15, 0.2) is 0 Å². The van der Waals surface area contributed by atoms with Gasteiger partial charge in [-0.2, -0.15) is 0 Å². The predicted octanol–water partition coefficient (Wildman–Crippen LogP) is 0.305. The Kier molecular flexibility index (Phi) is 3.12. The first kappa shape index (κ1) is 11.4. The second-order valence-corrected chi connectivity index (χ2v) is 4.51. The van der Waals surface area contributed by atoms with E-state index in [-0.39, 0.29) is 6.10 Å². The second-order valence-electron chi connectivity index (χ2n) is 4.51. The van der Waals surface area contributed by atoms with Gasteiger partial charge in [-0.3, -0.25) is 0 Å². The average molecular weight is 247 g/mol. The molecule has 18 heavy (non-hydrogen) atoms. The van der Waals surface area contributed by atoms with Crippen molar-refractivity contribution in [1.82, 2.24) is 24.4 Å². The third-order valence-electron chi connectivity index (χ3n) is 3.23. The summed E-state index contributed by atoms with van der Waals surface area (Å²) in [5, 5.41) is 3.38. The number of rotatable bonds is 4. The number of aromatic nitrogens is 4. The van der Waals surface area contributed by atoms with E-state index in [9.17, 15) is 0 Å². The molecule has 0 unspecified atom stereocenters. The molecule has 0 fully saturated rings. The molecule has 6 heteroatoms. The minimum Gasteiger partial charge on any atom is -0.367 e. The van der Waals surface area contributed by atoms with Gasteiger partial charge in [-0.05, 0) is 0 Å². The molecule has 0 aromatic carbocycles. The Hall–Kier alpha value is -1.66. The molecule has 0 aliphatic carbocycles. The molecular formula is C12H17N5O. The number of imidazole rings is 2. The fraction of sp³-hybridized carbons (Fsp3) is 0.500. The number of hydrogen-bond acceptors (Lipinski definition) is 4. The fourth-order valence-corrected chi connectivity index (χ4v) is 2.15. The minimum atomic E-state index is 0.201. The maximum absolute atomic E-state index is 5.74. The van der Waals surface area contributed by atoms with Crippen LogP contribution < -0.4 is 5.32 Å². The van der Waals surface area contributed by atoms with Crippen LogP contribution in [0.3, 0.4) is 0 Å². The topological polar surface area (TPSA) is 56.9 Å². The average Bonchev–Trinajstić information content (AvgIpc) is 2.98. The zero-order valence-corrected chi connectivity index (χ0v) is 10.4. The molecule has 0 saturated heterocycles. The van der Waals surface area contributed by atoms with E-state index in [2.05, 4.69) is 19.9 Å². The van der Waals surface area contributed by atoms with Crippen LogP contribution in [0, 0.1) is 0 Å². The van der Waals surface area contributed by atoms with Crippen molar-refractivity contribution in [1.29, 1.82) is 0 Å². The van der Waals surface area contributed by atoms with Crippen LogP contribution in [0.15, 0.2) is 24.8 Å². The predicted molar refractivity (Wildman–Crippen MR) is 65.7 cm³/mol. The van der Waals surface area contributed by atoms with Crippen molar-refractivity contribution in [2.75, 3.05) is 6.54 Å². The summed E-state index contributed by atoms with van der Waals surface area (Å²) in [6.45, 7) is 3.05. The number of aryl methyl sites for hydroxylation is 1. The van der Waals surface area contributed by atoms with Crippen molar-refractivity contribution in [3.63, 3.8) is 0 Å². The van der Waals surface area contributed by atoms with Gasteiger partial charge in [0.2, 0.25) is 0 Å². The molecule has 0 saturated carbocycles. The summed E-state index contributed by atoms with van der Waals surface area (Å²) in [6, 6.07) is 0. The van der Waals surface area contributed by atoms with Gasteiger partial charge in [0.1, 0.15) is 18.3 Å². The molecular weight excluding hydrogens is 230 g/mol. The molecule has 6 nitrogen and oxygen atoms in total. The summed E-state index contributed by atoms with van der Waals surface area (Å²) in [4.78, 5) is 8.50. The Morgan fingerprint density at radius 2 is 2.28 bits per heavy atom. The molecule has 1 aliphatic heterocycles. The monoisotopic (exact) mass is 247 g/mol. The molecule has 96 valence electrons. The molecule has 1 aliphatic rings. The lowest BCUT2D eigenvalue weighted by atomic mass is 10.3. The molecule has 2 aromatic heterocycles. The van der Waals surface area contributed by atoms with Gasteiger partial charge >= 0.3 is 0 Å². The van der Waals surface area contributed by atoms with Gasteiger partial charge in [0.05, 0.1) is 19.2 Å². The van der Waals surface area contributed by atoms with Crippen LogP contribution in [0.5, 0.6) is 0 Å². The van der Waals surface area contributed by atoms with Crippen molar-refractivity contribution >= 4 is 0 Å². The molecule has 1 N–H and O–H groups in total. The largest absolute Gasteiger partial charge is 0.367 e. The van der Waals surface area contributed by atoms with Gasteiger partial charge in [0, 0.05) is 38.4 Å². The molecule has 0 radical (unpaired) electrons. The van der Waals surface area contributed by atoms with Gasteiger partial charge < -0.3 is 19.2 Å². The Labute approximate surface area is 106 Å². The number of ether oxygens (including phenoxy) is 1. The van der Waals surface area contributed by atoms with E-state index in [4.69, 9.17) is 4.74 Å². The quantitative estimate of drug-likeness (QED) is 0.844. The molecule has 3 rings (SSSR count). The number of nitrogens with zero attached hydrogens (tertiary/aromatic N) is 4. The van der Waals surface area contributed by atoms with Crippen LogP contribution >= 0.6 is 0 Å². The number of hydrogen-bond donors (Lipinski definition) is 1. The van der Waals surface area contributed by atoms with Crippen LogP contribution in [0.2, 0.25) is 0 Å². The van der Waals surface area contributed by atoms with Crippen molar-refractivity contribution in [3.8, 4) is 0 Å². The normalized spacial score (nSPS) is 18.8. The molecule has 3 heterocycles. The smallest absolute Gasteiger partial charge is 0.134 e. The van der Waals surface area contributed by atoms with E-state index >= 15 is 0 Å². The minimum absolute atomic E-state index is 0.201. The Balaban J connectivity index is 1.49. The second kappa shape index (κ2) is 4.91. The van der Waals surface area contributed by atoms with E-state index < -0.39 is 0 Å². The zero-order chi connectivity index (χ0) is 12.4. The highest BCUT2D eigenvalue weighted by atomic mass is 16.5. The van der Waals surface area contributed by atoms with Crippen LogP contribution in [0.1, 0.15) is 11.6 Å². The Morgan fingerprint density at radius 3 is 3.11 bits per heavy atom. The molecule has 0 bridgehead atoms. The van der Waals surface area contributed by atoms with Gasteiger partial charge in [-0.1, -0.05) is 0 Å². The molecule has 0 spiro atoms. The first-order valence-corrected chi connectivity index (χ1v) is 6.11. The van der Waals surface area contributed by atoms with Crippen molar-refractivity contribution in [3.05, 3.63) is 36.4 Å². The highest BCUT2D eigenvalue weighted by Gasteiger charge is 2.18. The summed E-state index contributed by atoms with van der Waals surface area (Å²) >= 11 is 0. The van der Waals surface area contributed by atoms with E-state index in [1.165, 1.54) is 0 Å². The first-order valence-electron chi connectivity index (χ1n) is 6.11. The Morgan fingerprint density at radius 1 is 1.39 bits per heavy atom. The summed E-state index contributed by atoms with van der Waals surface area (Å²) < 4.78 is 9.91. The van der Waals surface area contributed by atoms with E-state index in [0.29, 0.717) is 6.61 Å². The lowest BCUT2D eigenvalue weighted by Crippen LogP contribution is -2.36. The van der Waals surface area contributed by atoms with Crippen LogP contribution in [0.4, 0.5) is 0 Å². The maximum Gasteiger partial charge on any atom is 0.134 e. The Bertz CT molecular complexity index is 518. The van der Waals surface area contributed by atoms with Crippen molar-refractivity contribution < 1.29 is 4.74 Å². The lowest BCUT2D eigenvalue weighted by Gasteiger charge is -2.24. The summed E-state index contributed by atoms with van der Waals surface area (Å²) in [5.41, 5.74) is 0. The first-order chi connectivity index (χ1) is 8.83. The third-order valence-corrected chi connectivity index (χ3v) is 3.23. The summed E-state index contributed by atoms with van der Waals surface area (Å²) in [7, 11) is 2.00. The molecule has 1 atom stereocenters. The van der Waals surface area contributed by atoms with Crippen molar-refractivity contribution in [2.45, 2.75) is 25.8 Å². The lowest BCUT2D eigenvalue weighted by molar-refractivity contribution is 0.00267. The summed E-state index contributed by atoms with van der Waals surface area (Å²) in [6.07, 6.45) is 7.79. The van der Waals surface area contributed by atoms with Crippen molar-refractivity contribution in [2.24, 2.45) is 7.05 Å². The zero-order valence-electron chi connectivity index (χ0n) is 10.4. The van der Waals surface area contributed by atoms with Gasteiger partial charge in [0.25, 0.3) is 0 Å². The van der Waals surface area contributed by atoms with E-state index in [1.54, 1.807) is 0 Å². The highest BCUT2D eigenvalue weighted by Crippen LogP contribution is 2.11. The van der Waals surface area contributed by atoms with Crippen LogP contribution in [0.25, 0.3) is 0 Å². The van der Waals surface area contributed by atoms with Crippen LogP contribution in [-0.4, -0.2) is 31.8 Å². The third kappa shape index (κ3) is 2.30. The SMILES string of the molecule is Cn1ccnc1CNC[C@H]1Cn2ccnc2CO1. The number of fused-ring (bicyclic) bond motifs is 1. The summed E-state index contributed by atoms with van der Waals surface area (Å²) in [5.74, 6) is 2.05. The van der Waals surface area contributed by atoms with E-state index in [1.807, 2.05) is 36.4 Å². The maximum atomic E-state index is 5.74. The number of nitrogens with one attached hydrogen (secondary N) is 1. The van der Waals surface area contributed by atoms with Gasteiger partial charge in [-0.25, -0.2) is 9.97 Å². The fourth-order valence-electron chi connectivity index (χ4n) is 2.15. The van der Waals surface area contributed by atoms with E-state index in [0.717, 1.165) is 31.3 Å². The highest BCUT2D eigenvalue weighted by molar-refractivity contribution is 4.94. The van der Waals surface area contributed by atoms with Gasteiger partial charge in [-0.15, -0.1) is 0 Å². The molecule has 0 amide bonds. The standard InChI is InChI=1S/C12H17N5O/c1-16-4-2-14-11(16)7-13-6-10-8-17-5-3-15-12(17)9-18-10/h2-5,10,13H,6-9H2,1H3/t10-/m0/s1.